The average Bonchev–Trinajstić information content (AvgIpc) is 1.69. The Bertz CT molecular complexity index is 46.1. The van der Waals surface area contributed by atoms with E-state index in [4.69, 9.17) is 0 Å². The van der Waals surface area contributed by atoms with Crippen LogP contribution in [0.1, 0.15) is 32.1 Å². The first kappa shape index (κ1) is 5.36. The molecule has 0 nitrogen and oxygen atoms in total. The third kappa shape index (κ3) is 1.64. The normalized spacial score (nSPS) is 25.7. The molecule has 1 fully saturated rings. The van der Waals surface area contributed by atoms with Crippen LogP contribution in [0.5, 0.6) is 0 Å². The number of rotatable bonds is 0. The van der Waals surface area contributed by atoms with E-state index in [1.54, 1.807) is 0 Å². The van der Waals surface area contributed by atoms with E-state index in [0.29, 0.717) is 0 Å². The summed E-state index contributed by atoms with van der Waals surface area (Å²) in [5.41, 5.74) is 1.85. The molecule has 1 radical (unpaired) electrons. The molecule has 7 heavy (non-hydrogen) atoms. The maximum Gasteiger partial charge on any atom is 0.0109 e. The molecule has 0 aliphatic heterocycles. The molecule has 0 heterocycles. The highest BCUT2D eigenvalue weighted by Crippen LogP contribution is 2.21. The second kappa shape index (κ2) is 2.51. The van der Waals surface area contributed by atoms with Crippen LogP contribution in [0, 0.1) is 5.54 Å². The van der Waals surface area contributed by atoms with Gasteiger partial charge in [0, 0.05) is 10.2 Å². The standard InChI is InChI=1S/C6H13Si/c7-6-4-2-1-3-5-6/h1-5H2,7H3. The summed E-state index contributed by atoms with van der Waals surface area (Å²) in [6.45, 7) is 0. The summed E-state index contributed by atoms with van der Waals surface area (Å²) in [5.74, 6) is 0. The van der Waals surface area contributed by atoms with Gasteiger partial charge in [0.05, 0.1) is 0 Å². The smallest absolute Gasteiger partial charge is 0.0109 e. The molecule has 0 aromatic carbocycles. The van der Waals surface area contributed by atoms with Crippen LogP contribution in [0.25, 0.3) is 0 Å². The fourth-order valence-electron chi connectivity index (χ4n) is 1.16. The summed E-state index contributed by atoms with van der Waals surface area (Å²) >= 11 is 0. The molecular weight excluding hydrogens is 100 g/mol. The minimum Gasteiger partial charge on any atom is -0.0533 e. The Morgan fingerprint density at radius 1 is 1.00 bits per heavy atom. The van der Waals surface area contributed by atoms with Crippen molar-refractivity contribution in [2.45, 2.75) is 32.1 Å². The minimum absolute atomic E-state index is 1.37. The van der Waals surface area contributed by atoms with Crippen LogP contribution in [0.3, 0.4) is 0 Å². The van der Waals surface area contributed by atoms with Crippen LogP contribution in [0.15, 0.2) is 0 Å². The molecule has 1 aliphatic rings. The first-order valence-electron chi connectivity index (χ1n) is 3.21. The van der Waals surface area contributed by atoms with E-state index in [2.05, 4.69) is 0 Å². The summed E-state index contributed by atoms with van der Waals surface area (Å²) in [4.78, 5) is 0. The van der Waals surface area contributed by atoms with Gasteiger partial charge in [0.1, 0.15) is 0 Å². The summed E-state index contributed by atoms with van der Waals surface area (Å²) in [6, 6.07) is 0. The Hall–Kier alpha value is 0.217. The molecule has 0 N–H and O–H groups in total. The number of hydrogen-bond acceptors (Lipinski definition) is 0. The Balaban J connectivity index is 2.12. The second-order valence-electron chi connectivity index (χ2n) is 2.52. The topological polar surface area (TPSA) is 0 Å². The molecule has 0 spiro atoms. The van der Waals surface area contributed by atoms with Crippen LogP contribution >= 0.6 is 0 Å². The zero-order chi connectivity index (χ0) is 5.11. The number of hydrogen-bond donors (Lipinski definition) is 0. The molecule has 1 saturated carbocycles. The predicted molar refractivity (Wildman–Crippen MR) is 36.3 cm³/mol. The highest BCUT2D eigenvalue weighted by molar-refractivity contribution is 6.18. The van der Waals surface area contributed by atoms with E-state index >= 15 is 0 Å². The van der Waals surface area contributed by atoms with Crippen molar-refractivity contribution in [2.24, 2.45) is 0 Å². The highest BCUT2D eigenvalue weighted by atomic mass is 28.1. The highest BCUT2D eigenvalue weighted by Gasteiger charge is 2.06. The summed E-state index contributed by atoms with van der Waals surface area (Å²) < 4.78 is 0. The van der Waals surface area contributed by atoms with Gasteiger partial charge < -0.3 is 0 Å². The summed E-state index contributed by atoms with van der Waals surface area (Å²) in [7, 11) is 1.37. The maximum atomic E-state index is 1.85. The van der Waals surface area contributed by atoms with Crippen molar-refractivity contribution in [3.8, 4) is 0 Å². The van der Waals surface area contributed by atoms with Gasteiger partial charge in [0.2, 0.25) is 0 Å². The van der Waals surface area contributed by atoms with Gasteiger partial charge in [-0.25, -0.2) is 0 Å². The van der Waals surface area contributed by atoms with Gasteiger partial charge in [-0.1, -0.05) is 32.1 Å². The Labute approximate surface area is 48.7 Å². The van der Waals surface area contributed by atoms with Crippen LogP contribution in [-0.4, -0.2) is 10.2 Å². The van der Waals surface area contributed by atoms with Crippen molar-refractivity contribution in [3.63, 3.8) is 0 Å². The van der Waals surface area contributed by atoms with E-state index in [1.165, 1.54) is 42.3 Å². The van der Waals surface area contributed by atoms with Gasteiger partial charge in [-0.05, 0) is 5.54 Å². The first-order valence-corrected chi connectivity index (χ1v) is 4.21. The third-order valence-electron chi connectivity index (χ3n) is 1.71. The van der Waals surface area contributed by atoms with Crippen molar-refractivity contribution < 1.29 is 0 Å². The van der Waals surface area contributed by atoms with Gasteiger partial charge >= 0.3 is 0 Å². The average molecular weight is 113 g/mol. The first-order chi connectivity index (χ1) is 3.39. The van der Waals surface area contributed by atoms with Gasteiger partial charge in [-0.3, -0.25) is 0 Å². The van der Waals surface area contributed by atoms with Crippen LogP contribution < -0.4 is 0 Å². The molecule has 0 bridgehead atoms. The predicted octanol–water partition coefficient (Wildman–Crippen LogP) is 0.848. The lowest BCUT2D eigenvalue weighted by atomic mass is 10.0. The van der Waals surface area contributed by atoms with E-state index in [1.807, 2.05) is 5.54 Å². The molecule has 0 unspecified atom stereocenters. The van der Waals surface area contributed by atoms with Crippen molar-refractivity contribution in [1.29, 1.82) is 0 Å². The quantitative estimate of drug-likeness (QED) is 0.409. The second-order valence-corrected chi connectivity index (χ2v) is 3.93. The molecule has 0 aromatic heterocycles. The summed E-state index contributed by atoms with van der Waals surface area (Å²) in [5, 5.41) is 0. The fourth-order valence-corrected chi connectivity index (χ4v) is 1.86. The molecule has 1 rings (SSSR count). The minimum atomic E-state index is 1.37. The Morgan fingerprint density at radius 3 is 1.86 bits per heavy atom. The maximum absolute atomic E-state index is 1.85. The van der Waals surface area contributed by atoms with Crippen molar-refractivity contribution in [1.82, 2.24) is 0 Å². The van der Waals surface area contributed by atoms with E-state index in [9.17, 15) is 0 Å². The summed E-state index contributed by atoms with van der Waals surface area (Å²) in [6.07, 6.45) is 7.39. The monoisotopic (exact) mass is 113 g/mol. The zero-order valence-corrected chi connectivity index (χ0v) is 7.04. The van der Waals surface area contributed by atoms with Gasteiger partial charge in [-0.15, -0.1) is 0 Å². The van der Waals surface area contributed by atoms with Crippen molar-refractivity contribution in [2.75, 3.05) is 0 Å². The van der Waals surface area contributed by atoms with Crippen LogP contribution in [-0.2, 0) is 0 Å². The van der Waals surface area contributed by atoms with Gasteiger partial charge in [0.15, 0.2) is 0 Å². The lowest BCUT2D eigenvalue weighted by Gasteiger charge is -2.15. The molecule has 0 aromatic rings. The zero-order valence-electron chi connectivity index (χ0n) is 5.04. The van der Waals surface area contributed by atoms with Crippen molar-refractivity contribution in [3.05, 3.63) is 5.54 Å². The molecule has 1 aliphatic carbocycles. The van der Waals surface area contributed by atoms with Gasteiger partial charge in [-0.2, -0.15) is 0 Å². The van der Waals surface area contributed by atoms with Crippen LogP contribution in [0.4, 0.5) is 0 Å². The largest absolute Gasteiger partial charge is 0.0533 e. The molecule has 0 amide bonds. The molecule has 0 atom stereocenters. The SMILES string of the molecule is [SiH3][C]1CCCCC1. The molecule has 0 saturated heterocycles. The third-order valence-corrected chi connectivity index (χ3v) is 2.71. The molecule has 41 valence electrons. The van der Waals surface area contributed by atoms with Crippen molar-refractivity contribution >= 4 is 10.2 Å². The van der Waals surface area contributed by atoms with Crippen LogP contribution in [0.2, 0.25) is 0 Å². The Morgan fingerprint density at radius 2 is 1.57 bits per heavy atom. The fraction of sp³-hybridized carbons (Fsp3) is 0.833. The van der Waals surface area contributed by atoms with Gasteiger partial charge in [0.25, 0.3) is 0 Å². The van der Waals surface area contributed by atoms with E-state index in [0.717, 1.165) is 0 Å². The van der Waals surface area contributed by atoms with E-state index < -0.39 is 0 Å². The lowest BCUT2D eigenvalue weighted by molar-refractivity contribution is 0.575. The van der Waals surface area contributed by atoms with E-state index in [-0.39, 0.29) is 0 Å². The lowest BCUT2D eigenvalue weighted by Crippen LogP contribution is -2.01. The molecular formula is C6H13Si. The Kier molecular flexibility index (Phi) is 1.92. The molecule has 1 heteroatoms.